The number of rotatable bonds is 0. The van der Waals surface area contributed by atoms with Crippen molar-refractivity contribution in [2.24, 2.45) is 0 Å². The molecule has 0 aromatic rings. The maximum atomic E-state index is 10.1. The number of carbonyl (C=O) groups excluding carboxylic acids is 2. The molecule has 0 aromatic heterocycles. The van der Waals surface area contributed by atoms with Crippen LogP contribution in [0.2, 0.25) is 0 Å². The molecule has 0 spiro atoms. The third-order valence-corrected chi connectivity index (χ3v) is 0.858. The fourth-order valence-corrected chi connectivity index (χ4v) is 0.508. The van der Waals surface area contributed by atoms with E-state index >= 15 is 0 Å². The summed E-state index contributed by atoms with van der Waals surface area (Å²) in [7, 11) is 0. The molecule has 9 heavy (non-hydrogen) atoms. The first kappa shape index (κ1) is 12.2. The van der Waals surface area contributed by atoms with Crippen molar-refractivity contribution >= 4 is 11.8 Å². The summed E-state index contributed by atoms with van der Waals surface area (Å²) in [6.45, 7) is 0. The number of imide groups is 1. The Morgan fingerprint density at radius 2 is 1.33 bits per heavy atom. The predicted octanol–water partition coefficient (Wildman–Crippen LogP) is -0.582. The third-order valence-electron chi connectivity index (χ3n) is 0.858. The SMILES string of the molecule is O=C1CCC(=O)N1.[Mo].[Mo]. The third kappa shape index (κ3) is 3.99. The van der Waals surface area contributed by atoms with Crippen LogP contribution in [0.1, 0.15) is 12.8 Å². The average molecular weight is 291 g/mol. The van der Waals surface area contributed by atoms with Crippen LogP contribution in [0.25, 0.3) is 0 Å². The van der Waals surface area contributed by atoms with Crippen molar-refractivity contribution in [3.8, 4) is 0 Å². The van der Waals surface area contributed by atoms with Crippen molar-refractivity contribution in [2.75, 3.05) is 0 Å². The van der Waals surface area contributed by atoms with E-state index in [0.717, 1.165) is 0 Å². The Labute approximate surface area is 81.5 Å². The topological polar surface area (TPSA) is 46.2 Å². The van der Waals surface area contributed by atoms with Gasteiger partial charge >= 0.3 is 0 Å². The van der Waals surface area contributed by atoms with Gasteiger partial charge < -0.3 is 0 Å². The molecule has 2 amide bonds. The van der Waals surface area contributed by atoms with Gasteiger partial charge in [-0.3, -0.25) is 14.9 Å². The van der Waals surface area contributed by atoms with Gasteiger partial charge in [0.25, 0.3) is 0 Å². The van der Waals surface area contributed by atoms with Crippen molar-refractivity contribution in [3.05, 3.63) is 0 Å². The quantitative estimate of drug-likeness (QED) is 0.479. The van der Waals surface area contributed by atoms with E-state index in [0.29, 0.717) is 12.8 Å². The van der Waals surface area contributed by atoms with Crippen molar-refractivity contribution in [2.45, 2.75) is 12.8 Å². The van der Waals surface area contributed by atoms with E-state index < -0.39 is 0 Å². The van der Waals surface area contributed by atoms with E-state index in [1.165, 1.54) is 0 Å². The zero-order valence-electron chi connectivity index (χ0n) is 4.55. The fourth-order valence-electron chi connectivity index (χ4n) is 0.508. The Morgan fingerprint density at radius 3 is 1.44 bits per heavy atom. The molecule has 0 saturated carbocycles. The molecule has 0 aliphatic carbocycles. The van der Waals surface area contributed by atoms with Gasteiger partial charge in [0.1, 0.15) is 0 Å². The van der Waals surface area contributed by atoms with Gasteiger partial charge in [0.05, 0.1) is 0 Å². The Balaban J connectivity index is 0. The van der Waals surface area contributed by atoms with E-state index in [-0.39, 0.29) is 53.9 Å². The fraction of sp³-hybridized carbons (Fsp3) is 0.500. The predicted molar refractivity (Wildman–Crippen MR) is 22.4 cm³/mol. The van der Waals surface area contributed by atoms with Gasteiger partial charge in [-0.25, -0.2) is 0 Å². The molecule has 5 heteroatoms. The van der Waals surface area contributed by atoms with Crippen molar-refractivity contribution in [3.63, 3.8) is 0 Å². The molecule has 0 atom stereocenters. The maximum absolute atomic E-state index is 10.1. The van der Waals surface area contributed by atoms with Gasteiger partial charge in [-0.2, -0.15) is 0 Å². The number of amides is 2. The van der Waals surface area contributed by atoms with Crippen LogP contribution in [-0.4, -0.2) is 11.8 Å². The first-order valence-corrected chi connectivity index (χ1v) is 2.12. The Morgan fingerprint density at radius 1 is 1.00 bits per heavy atom. The standard InChI is InChI=1S/C4H5NO2.2Mo/c6-3-1-2-4(7)5-3;;/h1-2H2,(H,5,6,7);;. The summed E-state index contributed by atoms with van der Waals surface area (Å²) < 4.78 is 0. The Kier molecular flexibility index (Phi) is 7.21. The molecule has 1 fully saturated rings. The van der Waals surface area contributed by atoms with Crippen LogP contribution in [0.4, 0.5) is 0 Å². The molecule has 0 radical (unpaired) electrons. The molecule has 1 N–H and O–H groups in total. The van der Waals surface area contributed by atoms with E-state index in [1.54, 1.807) is 0 Å². The average Bonchev–Trinajstić information content (AvgIpc) is 1.87. The zero-order valence-corrected chi connectivity index (χ0v) is 8.56. The summed E-state index contributed by atoms with van der Waals surface area (Å²) in [5.41, 5.74) is 0. The number of hydrogen-bond acceptors (Lipinski definition) is 2. The molecule has 0 unspecified atom stereocenters. The van der Waals surface area contributed by atoms with E-state index in [1.807, 2.05) is 0 Å². The molecule has 50 valence electrons. The number of hydrogen-bond donors (Lipinski definition) is 1. The smallest absolute Gasteiger partial charge is 0.227 e. The van der Waals surface area contributed by atoms with Gasteiger partial charge in [-0.05, 0) is 0 Å². The molecular formula is C4H5Mo2NO2. The first-order valence-electron chi connectivity index (χ1n) is 2.12. The van der Waals surface area contributed by atoms with E-state index in [9.17, 15) is 9.59 Å². The van der Waals surface area contributed by atoms with Crippen LogP contribution in [0, 0.1) is 0 Å². The molecule has 3 nitrogen and oxygen atoms in total. The van der Waals surface area contributed by atoms with Gasteiger partial charge in [-0.15, -0.1) is 0 Å². The van der Waals surface area contributed by atoms with Crippen molar-refractivity contribution < 1.29 is 51.7 Å². The molecule has 0 aromatic carbocycles. The Hall–Kier alpha value is 0.517. The van der Waals surface area contributed by atoms with Gasteiger partial charge in [0.2, 0.25) is 11.8 Å². The minimum Gasteiger partial charge on any atom is -0.296 e. The van der Waals surface area contributed by atoms with Crippen LogP contribution in [0.3, 0.4) is 0 Å². The molecule has 1 aliphatic rings. The monoisotopic (exact) mass is 295 g/mol. The van der Waals surface area contributed by atoms with Gasteiger partial charge in [0.15, 0.2) is 0 Å². The van der Waals surface area contributed by atoms with Crippen molar-refractivity contribution in [1.82, 2.24) is 5.32 Å². The summed E-state index contributed by atoms with van der Waals surface area (Å²) in [5.74, 6) is -0.296. The summed E-state index contributed by atoms with van der Waals surface area (Å²) in [6, 6.07) is 0. The maximum Gasteiger partial charge on any atom is 0.227 e. The molecular weight excluding hydrogens is 286 g/mol. The summed E-state index contributed by atoms with van der Waals surface area (Å²) in [6.07, 6.45) is 0.748. The van der Waals surface area contributed by atoms with Gasteiger partial charge in [0, 0.05) is 55.0 Å². The van der Waals surface area contributed by atoms with E-state index in [4.69, 9.17) is 0 Å². The largest absolute Gasteiger partial charge is 0.296 e. The zero-order chi connectivity index (χ0) is 5.28. The molecule has 1 rings (SSSR count). The van der Waals surface area contributed by atoms with Crippen LogP contribution in [-0.2, 0) is 51.7 Å². The van der Waals surface area contributed by atoms with Crippen LogP contribution in [0.15, 0.2) is 0 Å². The second-order valence-corrected chi connectivity index (χ2v) is 1.47. The second kappa shape index (κ2) is 5.31. The van der Waals surface area contributed by atoms with Crippen molar-refractivity contribution in [1.29, 1.82) is 0 Å². The Bertz CT molecular complexity index is 112. The molecule has 1 saturated heterocycles. The van der Waals surface area contributed by atoms with Crippen LogP contribution in [0.5, 0.6) is 0 Å². The van der Waals surface area contributed by atoms with Gasteiger partial charge in [-0.1, -0.05) is 0 Å². The number of nitrogens with one attached hydrogen (secondary N) is 1. The van der Waals surface area contributed by atoms with E-state index in [2.05, 4.69) is 5.32 Å². The minimum absolute atomic E-state index is 0. The summed E-state index contributed by atoms with van der Waals surface area (Å²) in [4.78, 5) is 20.2. The molecule has 0 bridgehead atoms. The summed E-state index contributed by atoms with van der Waals surface area (Å²) in [5, 5.41) is 2.14. The minimum atomic E-state index is -0.148. The number of carbonyl (C=O) groups is 2. The first-order chi connectivity index (χ1) is 3.29. The molecule has 1 aliphatic heterocycles. The second-order valence-electron chi connectivity index (χ2n) is 1.47. The van der Waals surface area contributed by atoms with Crippen LogP contribution >= 0.6 is 0 Å². The normalized spacial score (nSPS) is 15.6. The molecule has 1 heterocycles. The summed E-state index contributed by atoms with van der Waals surface area (Å²) >= 11 is 0. The van der Waals surface area contributed by atoms with Crippen LogP contribution < -0.4 is 5.32 Å².